The lowest BCUT2D eigenvalue weighted by Crippen LogP contribution is -2.35. The summed E-state index contributed by atoms with van der Waals surface area (Å²) in [7, 11) is 0. The minimum absolute atomic E-state index is 0.0715. The lowest BCUT2D eigenvalue weighted by Gasteiger charge is -2.24. The number of rotatable bonds is 1. The number of hydrogen-bond donors (Lipinski definition) is 1. The fourth-order valence-corrected chi connectivity index (χ4v) is 2.97. The molecule has 0 amide bonds. The first-order chi connectivity index (χ1) is 10.1. The van der Waals surface area contributed by atoms with Gasteiger partial charge in [-0.05, 0) is 32.0 Å². The van der Waals surface area contributed by atoms with Crippen molar-refractivity contribution in [2.24, 2.45) is 0 Å². The van der Waals surface area contributed by atoms with Gasteiger partial charge in [0, 0.05) is 29.6 Å². The molecule has 2 aromatic heterocycles. The maximum atomic E-state index is 6.17. The second-order valence-electron chi connectivity index (χ2n) is 6.05. The number of aromatic nitrogens is 1. The summed E-state index contributed by atoms with van der Waals surface area (Å²) in [5, 5.41) is 3.60. The second kappa shape index (κ2) is 4.37. The van der Waals surface area contributed by atoms with Crippen LogP contribution in [0.2, 0.25) is 0 Å². The van der Waals surface area contributed by atoms with E-state index in [4.69, 9.17) is 4.42 Å². The fourth-order valence-electron chi connectivity index (χ4n) is 2.97. The topological polar surface area (TPSA) is 30.1 Å². The van der Waals surface area contributed by atoms with Crippen LogP contribution in [0.5, 0.6) is 0 Å². The third-order valence-electron chi connectivity index (χ3n) is 4.17. The number of hydrogen-bond acceptors (Lipinski definition) is 2. The molecule has 21 heavy (non-hydrogen) atoms. The molecule has 0 bridgehead atoms. The Bertz CT molecular complexity index is 781. The number of furan rings is 1. The van der Waals surface area contributed by atoms with Gasteiger partial charge in [-0.1, -0.05) is 30.3 Å². The van der Waals surface area contributed by atoms with Crippen LogP contribution in [-0.4, -0.2) is 4.57 Å². The van der Waals surface area contributed by atoms with Crippen LogP contribution in [0.3, 0.4) is 0 Å². The van der Waals surface area contributed by atoms with Crippen molar-refractivity contribution in [3.63, 3.8) is 0 Å². The highest BCUT2D eigenvalue weighted by Crippen LogP contribution is 2.34. The van der Waals surface area contributed by atoms with Crippen molar-refractivity contribution in [1.29, 1.82) is 0 Å². The van der Waals surface area contributed by atoms with E-state index in [1.807, 2.05) is 18.2 Å². The van der Waals surface area contributed by atoms with Crippen LogP contribution in [0.25, 0.3) is 17.2 Å². The van der Waals surface area contributed by atoms with Crippen LogP contribution < -0.4 is 5.32 Å². The molecule has 3 heterocycles. The molecule has 0 radical (unpaired) electrons. The third-order valence-corrected chi connectivity index (χ3v) is 4.17. The minimum atomic E-state index is -0.0715. The first kappa shape index (κ1) is 12.5. The van der Waals surface area contributed by atoms with Gasteiger partial charge in [-0.25, -0.2) is 0 Å². The molecular formula is C18H18N2O. The molecular weight excluding hydrogens is 260 g/mol. The summed E-state index contributed by atoms with van der Waals surface area (Å²) >= 11 is 0. The molecule has 0 unspecified atom stereocenters. The summed E-state index contributed by atoms with van der Waals surface area (Å²) in [6.45, 7) is 5.20. The predicted molar refractivity (Wildman–Crippen MR) is 83.3 cm³/mol. The highest BCUT2D eigenvalue weighted by atomic mass is 16.4. The Labute approximate surface area is 124 Å². The van der Waals surface area contributed by atoms with Gasteiger partial charge < -0.3 is 9.73 Å². The van der Waals surface area contributed by atoms with E-state index in [1.54, 1.807) is 0 Å². The van der Waals surface area contributed by atoms with Crippen LogP contribution >= 0.6 is 0 Å². The molecule has 4 rings (SSSR count). The first-order valence-corrected chi connectivity index (χ1v) is 7.26. The molecule has 106 valence electrons. The van der Waals surface area contributed by atoms with Crippen molar-refractivity contribution in [3.8, 4) is 17.2 Å². The van der Waals surface area contributed by atoms with E-state index in [2.05, 4.69) is 60.3 Å². The Hall–Kier alpha value is -2.26. The largest absolute Gasteiger partial charge is 0.439 e. The summed E-state index contributed by atoms with van der Waals surface area (Å²) in [6, 6.07) is 16.6. The third kappa shape index (κ3) is 1.93. The van der Waals surface area contributed by atoms with E-state index in [-0.39, 0.29) is 5.54 Å². The van der Waals surface area contributed by atoms with Crippen molar-refractivity contribution < 1.29 is 4.42 Å². The Morgan fingerprint density at radius 2 is 1.90 bits per heavy atom. The van der Waals surface area contributed by atoms with Crippen molar-refractivity contribution in [1.82, 2.24) is 9.88 Å². The van der Waals surface area contributed by atoms with E-state index >= 15 is 0 Å². The van der Waals surface area contributed by atoms with Crippen LogP contribution in [0.4, 0.5) is 0 Å². The second-order valence-corrected chi connectivity index (χ2v) is 6.05. The van der Waals surface area contributed by atoms with Gasteiger partial charge >= 0.3 is 0 Å². The summed E-state index contributed by atoms with van der Waals surface area (Å²) < 4.78 is 8.33. The maximum Gasteiger partial charge on any atom is 0.209 e. The van der Waals surface area contributed by atoms with Gasteiger partial charge in [0.2, 0.25) is 5.88 Å². The van der Waals surface area contributed by atoms with Crippen LogP contribution in [-0.2, 0) is 12.1 Å². The molecule has 1 aliphatic rings. The molecule has 0 atom stereocenters. The Kier molecular flexibility index (Phi) is 2.59. The summed E-state index contributed by atoms with van der Waals surface area (Å²) in [5.74, 6) is 1.84. The van der Waals surface area contributed by atoms with Gasteiger partial charge in [-0.15, -0.1) is 0 Å². The number of nitrogens with one attached hydrogen (secondary N) is 1. The SMILES string of the molecule is CC1(C)NCc2cc(-c3ccccc3)oc2-n2cccc21. The lowest BCUT2D eigenvalue weighted by molar-refractivity contribution is 0.392. The molecule has 3 heteroatoms. The van der Waals surface area contributed by atoms with E-state index in [1.165, 1.54) is 11.3 Å². The van der Waals surface area contributed by atoms with Crippen molar-refractivity contribution in [2.75, 3.05) is 0 Å². The quantitative estimate of drug-likeness (QED) is 0.727. The molecule has 1 aliphatic heterocycles. The van der Waals surface area contributed by atoms with Gasteiger partial charge in [0.05, 0.1) is 5.54 Å². The zero-order chi connectivity index (χ0) is 14.4. The number of benzene rings is 1. The van der Waals surface area contributed by atoms with Crippen molar-refractivity contribution >= 4 is 0 Å². The molecule has 1 N–H and O–H groups in total. The van der Waals surface area contributed by atoms with E-state index in [0.29, 0.717) is 0 Å². The van der Waals surface area contributed by atoms with Crippen molar-refractivity contribution in [3.05, 3.63) is 66.0 Å². The van der Waals surface area contributed by atoms with E-state index in [0.717, 1.165) is 23.8 Å². The normalized spacial score (nSPS) is 16.1. The molecule has 1 aromatic carbocycles. The molecule has 0 fully saturated rings. The first-order valence-electron chi connectivity index (χ1n) is 7.26. The number of nitrogens with zero attached hydrogens (tertiary/aromatic N) is 1. The zero-order valence-electron chi connectivity index (χ0n) is 12.3. The summed E-state index contributed by atoms with van der Waals surface area (Å²) in [6.07, 6.45) is 2.07. The highest BCUT2D eigenvalue weighted by molar-refractivity contribution is 5.61. The van der Waals surface area contributed by atoms with Gasteiger partial charge in [0.1, 0.15) is 5.76 Å². The van der Waals surface area contributed by atoms with Gasteiger partial charge in [0.25, 0.3) is 0 Å². The van der Waals surface area contributed by atoms with Crippen LogP contribution in [0, 0.1) is 0 Å². The summed E-state index contributed by atoms with van der Waals surface area (Å²) in [4.78, 5) is 0. The van der Waals surface area contributed by atoms with E-state index in [9.17, 15) is 0 Å². The molecule has 0 saturated carbocycles. The highest BCUT2D eigenvalue weighted by Gasteiger charge is 2.29. The molecule has 0 aliphatic carbocycles. The Balaban J connectivity index is 1.88. The molecule has 0 saturated heterocycles. The average Bonchev–Trinajstić information content (AvgIpc) is 3.11. The van der Waals surface area contributed by atoms with Gasteiger partial charge in [-0.2, -0.15) is 0 Å². The molecule has 0 spiro atoms. The van der Waals surface area contributed by atoms with Crippen LogP contribution in [0.15, 0.2) is 59.1 Å². The minimum Gasteiger partial charge on any atom is -0.439 e. The van der Waals surface area contributed by atoms with Gasteiger partial charge in [-0.3, -0.25) is 4.57 Å². The average molecular weight is 278 g/mol. The van der Waals surface area contributed by atoms with Crippen molar-refractivity contribution in [2.45, 2.75) is 25.9 Å². The lowest BCUT2D eigenvalue weighted by atomic mass is 10.0. The Morgan fingerprint density at radius 1 is 1.10 bits per heavy atom. The standard InChI is InChI=1S/C18H18N2O/c1-18(2)16-9-6-10-20(16)17-14(12-19-18)11-15(21-17)13-7-4-3-5-8-13/h3-11,19H,12H2,1-2H3. The predicted octanol–water partition coefficient (Wildman–Crippen LogP) is 4.08. The van der Waals surface area contributed by atoms with E-state index < -0.39 is 0 Å². The van der Waals surface area contributed by atoms with Gasteiger partial charge in [0.15, 0.2) is 0 Å². The zero-order valence-corrected chi connectivity index (χ0v) is 12.3. The maximum absolute atomic E-state index is 6.17. The number of fused-ring (bicyclic) bond motifs is 3. The smallest absolute Gasteiger partial charge is 0.209 e. The Morgan fingerprint density at radius 3 is 2.71 bits per heavy atom. The summed E-state index contributed by atoms with van der Waals surface area (Å²) in [5.41, 5.74) is 3.45. The molecule has 3 nitrogen and oxygen atoms in total. The van der Waals surface area contributed by atoms with Crippen LogP contribution in [0.1, 0.15) is 25.1 Å². The molecule has 3 aromatic rings. The monoisotopic (exact) mass is 278 g/mol. The fraction of sp³-hybridized carbons (Fsp3) is 0.222.